The van der Waals surface area contributed by atoms with Gasteiger partial charge in [0.1, 0.15) is 5.82 Å². The summed E-state index contributed by atoms with van der Waals surface area (Å²) in [4.78, 5) is 13.8. The number of methoxy groups -OCH3 is 1. The van der Waals surface area contributed by atoms with E-state index < -0.39 is 0 Å². The van der Waals surface area contributed by atoms with Crippen molar-refractivity contribution in [3.8, 4) is 11.4 Å². The van der Waals surface area contributed by atoms with Crippen LogP contribution < -0.4 is 0 Å². The minimum absolute atomic E-state index is 0.162. The number of hydrogen-bond donors (Lipinski definition) is 0. The van der Waals surface area contributed by atoms with Crippen molar-refractivity contribution in [3.63, 3.8) is 0 Å². The van der Waals surface area contributed by atoms with Crippen molar-refractivity contribution in [2.45, 2.75) is 11.7 Å². The van der Waals surface area contributed by atoms with Gasteiger partial charge in [0.05, 0.1) is 26.1 Å². The molecule has 0 atom stereocenters. The van der Waals surface area contributed by atoms with Gasteiger partial charge in [0, 0.05) is 31.7 Å². The van der Waals surface area contributed by atoms with E-state index in [1.165, 1.54) is 31.0 Å². The lowest BCUT2D eigenvalue weighted by Crippen LogP contribution is -2.38. The summed E-state index contributed by atoms with van der Waals surface area (Å²) in [7, 11) is 1.36. The van der Waals surface area contributed by atoms with Gasteiger partial charge >= 0.3 is 5.97 Å². The van der Waals surface area contributed by atoms with E-state index in [2.05, 4.69) is 15.1 Å². The molecule has 2 aromatic rings. The minimum atomic E-state index is -0.318. The van der Waals surface area contributed by atoms with E-state index in [9.17, 15) is 9.18 Å². The Morgan fingerprint density at radius 3 is 2.65 bits per heavy atom. The number of halogens is 1. The molecule has 0 amide bonds. The average molecular weight is 380 g/mol. The zero-order chi connectivity index (χ0) is 18.4. The van der Waals surface area contributed by atoms with Gasteiger partial charge in [-0.25, -0.2) is 4.39 Å². The first kappa shape index (κ1) is 18.8. The number of morpholine rings is 1. The Morgan fingerprint density at radius 1 is 1.23 bits per heavy atom. The van der Waals surface area contributed by atoms with Crippen LogP contribution in [0.25, 0.3) is 11.4 Å². The summed E-state index contributed by atoms with van der Waals surface area (Å²) in [6.07, 6.45) is 0. The molecule has 1 aromatic heterocycles. The molecule has 0 N–H and O–H groups in total. The van der Waals surface area contributed by atoms with Gasteiger partial charge in [-0.3, -0.25) is 9.69 Å². The number of carbonyl (C=O) groups excluding carboxylic acids is 1. The Kier molecular flexibility index (Phi) is 6.59. The molecule has 3 rings (SSSR count). The summed E-state index contributed by atoms with van der Waals surface area (Å²) in [5.41, 5.74) is 0.783. The zero-order valence-corrected chi connectivity index (χ0v) is 15.4. The fourth-order valence-corrected chi connectivity index (χ4v) is 3.46. The smallest absolute Gasteiger partial charge is 0.316 e. The predicted octanol–water partition coefficient (Wildman–Crippen LogP) is 1.68. The molecule has 1 aliphatic rings. The van der Waals surface area contributed by atoms with Crippen LogP contribution in [0.1, 0.15) is 0 Å². The third-order valence-electron chi connectivity index (χ3n) is 4.11. The van der Waals surface area contributed by atoms with Crippen LogP contribution >= 0.6 is 11.8 Å². The highest BCUT2D eigenvalue weighted by Gasteiger charge is 2.18. The number of nitrogens with zero attached hydrogens (tertiary/aromatic N) is 4. The topological polar surface area (TPSA) is 69.5 Å². The van der Waals surface area contributed by atoms with E-state index in [1.807, 2.05) is 4.57 Å². The van der Waals surface area contributed by atoms with E-state index in [-0.39, 0.29) is 17.5 Å². The highest BCUT2D eigenvalue weighted by atomic mass is 32.2. The number of hydrogen-bond acceptors (Lipinski definition) is 7. The maximum Gasteiger partial charge on any atom is 0.316 e. The first-order chi connectivity index (χ1) is 12.7. The maximum absolute atomic E-state index is 13.2. The van der Waals surface area contributed by atoms with Crippen LogP contribution in [0.4, 0.5) is 4.39 Å². The van der Waals surface area contributed by atoms with Crippen molar-refractivity contribution in [2.24, 2.45) is 0 Å². The SMILES string of the molecule is COC(=O)CSc1nnc(-c2ccc(F)cc2)n1CCN1CCOCC1. The second kappa shape index (κ2) is 9.11. The van der Waals surface area contributed by atoms with Gasteiger partial charge in [0.15, 0.2) is 11.0 Å². The summed E-state index contributed by atoms with van der Waals surface area (Å²) < 4.78 is 25.3. The van der Waals surface area contributed by atoms with Gasteiger partial charge in [0.2, 0.25) is 0 Å². The van der Waals surface area contributed by atoms with Crippen LogP contribution in [0.15, 0.2) is 29.4 Å². The molecule has 0 spiro atoms. The quantitative estimate of drug-likeness (QED) is 0.535. The molecular formula is C17H21FN4O3S. The van der Waals surface area contributed by atoms with Crippen molar-refractivity contribution >= 4 is 17.7 Å². The minimum Gasteiger partial charge on any atom is -0.468 e. The molecule has 0 saturated carbocycles. The number of aromatic nitrogens is 3. The number of esters is 1. The third-order valence-corrected chi connectivity index (χ3v) is 5.05. The van der Waals surface area contributed by atoms with Crippen molar-refractivity contribution in [2.75, 3.05) is 45.7 Å². The van der Waals surface area contributed by atoms with Gasteiger partial charge in [-0.2, -0.15) is 0 Å². The summed E-state index contributed by atoms with van der Waals surface area (Å²) in [5.74, 6) is 0.204. The number of benzene rings is 1. The largest absolute Gasteiger partial charge is 0.468 e. The number of carbonyl (C=O) groups is 1. The predicted molar refractivity (Wildman–Crippen MR) is 95.4 cm³/mol. The number of thioether (sulfide) groups is 1. The first-order valence-corrected chi connectivity index (χ1v) is 9.35. The van der Waals surface area contributed by atoms with E-state index >= 15 is 0 Å². The molecule has 1 aliphatic heterocycles. The van der Waals surface area contributed by atoms with Gasteiger partial charge < -0.3 is 14.0 Å². The Labute approximate surface area is 155 Å². The van der Waals surface area contributed by atoms with E-state index in [0.717, 1.165) is 38.4 Å². The lowest BCUT2D eigenvalue weighted by molar-refractivity contribution is -0.137. The lowest BCUT2D eigenvalue weighted by atomic mass is 10.2. The van der Waals surface area contributed by atoms with Crippen LogP contribution in [0.3, 0.4) is 0 Å². The summed E-state index contributed by atoms with van der Waals surface area (Å²) in [6.45, 7) is 4.73. The Bertz CT molecular complexity index is 732. The molecule has 0 bridgehead atoms. The van der Waals surface area contributed by atoms with E-state index in [0.29, 0.717) is 17.5 Å². The van der Waals surface area contributed by atoms with Crippen molar-refractivity contribution in [1.82, 2.24) is 19.7 Å². The summed E-state index contributed by atoms with van der Waals surface area (Å²) in [5, 5.41) is 9.12. The van der Waals surface area contributed by atoms with E-state index in [1.54, 1.807) is 12.1 Å². The molecule has 2 heterocycles. The van der Waals surface area contributed by atoms with E-state index in [4.69, 9.17) is 9.47 Å². The van der Waals surface area contributed by atoms with Crippen molar-refractivity contribution < 1.29 is 18.7 Å². The molecule has 0 unspecified atom stereocenters. The van der Waals surface area contributed by atoms with Crippen LogP contribution in [0.5, 0.6) is 0 Å². The Morgan fingerprint density at radius 2 is 1.96 bits per heavy atom. The highest BCUT2D eigenvalue weighted by Crippen LogP contribution is 2.24. The van der Waals surface area contributed by atoms with Gasteiger partial charge in [-0.05, 0) is 24.3 Å². The van der Waals surface area contributed by atoms with Crippen molar-refractivity contribution in [3.05, 3.63) is 30.1 Å². The molecule has 1 saturated heterocycles. The third kappa shape index (κ3) is 4.80. The maximum atomic E-state index is 13.2. The Balaban J connectivity index is 1.79. The lowest BCUT2D eigenvalue weighted by Gasteiger charge is -2.27. The number of ether oxygens (including phenoxy) is 2. The van der Waals surface area contributed by atoms with Crippen LogP contribution in [-0.2, 0) is 20.8 Å². The molecular weight excluding hydrogens is 359 g/mol. The second-order valence-corrected chi connectivity index (χ2v) is 6.73. The first-order valence-electron chi connectivity index (χ1n) is 8.36. The molecule has 1 aromatic carbocycles. The standard InChI is InChI=1S/C17H21FN4O3S/c1-24-15(23)12-26-17-20-19-16(13-2-4-14(18)5-3-13)22(17)7-6-21-8-10-25-11-9-21/h2-5H,6-12H2,1H3. The Hall–Kier alpha value is -1.97. The van der Waals surface area contributed by atoms with Crippen LogP contribution in [-0.4, -0.2) is 71.3 Å². The highest BCUT2D eigenvalue weighted by molar-refractivity contribution is 7.99. The molecule has 0 radical (unpaired) electrons. The molecule has 1 fully saturated rings. The zero-order valence-electron chi connectivity index (χ0n) is 14.6. The van der Waals surface area contributed by atoms with Gasteiger partial charge in [0.25, 0.3) is 0 Å². The fraction of sp³-hybridized carbons (Fsp3) is 0.471. The fourth-order valence-electron chi connectivity index (χ4n) is 2.66. The second-order valence-electron chi connectivity index (χ2n) is 5.78. The van der Waals surface area contributed by atoms with Crippen LogP contribution in [0.2, 0.25) is 0 Å². The molecule has 7 nitrogen and oxygen atoms in total. The van der Waals surface area contributed by atoms with Gasteiger partial charge in [-0.15, -0.1) is 10.2 Å². The normalized spacial score (nSPS) is 15.2. The molecule has 140 valence electrons. The monoisotopic (exact) mass is 380 g/mol. The van der Waals surface area contributed by atoms with Crippen LogP contribution in [0, 0.1) is 5.82 Å². The summed E-state index contributed by atoms with van der Waals surface area (Å²) >= 11 is 1.28. The number of rotatable bonds is 7. The summed E-state index contributed by atoms with van der Waals surface area (Å²) in [6, 6.07) is 6.16. The van der Waals surface area contributed by atoms with Gasteiger partial charge in [-0.1, -0.05) is 11.8 Å². The molecule has 9 heteroatoms. The molecule has 26 heavy (non-hydrogen) atoms. The van der Waals surface area contributed by atoms with Crippen molar-refractivity contribution in [1.29, 1.82) is 0 Å². The molecule has 0 aliphatic carbocycles. The average Bonchev–Trinajstić information content (AvgIpc) is 3.08.